The van der Waals surface area contributed by atoms with Gasteiger partial charge in [-0.3, -0.25) is 9.78 Å². The van der Waals surface area contributed by atoms with Gasteiger partial charge < -0.3 is 4.90 Å². The van der Waals surface area contributed by atoms with E-state index >= 15 is 0 Å². The fraction of sp³-hybridized carbons (Fsp3) is 0.400. The van der Waals surface area contributed by atoms with E-state index in [0.717, 1.165) is 4.90 Å². The van der Waals surface area contributed by atoms with Crippen LogP contribution < -0.4 is 4.90 Å². The molecule has 0 aliphatic carbocycles. The molecular formula is C15H16ClF3N4OS. The zero-order valence-electron chi connectivity index (χ0n) is 13.2. The molecule has 136 valence electrons. The predicted molar refractivity (Wildman–Crippen MR) is 92.4 cm³/mol. The quantitative estimate of drug-likeness (QED) is 0.761. The first-order valence-corrected chi connectivity index (χ1v) is 8.38. The third kappa shape index (κ3) is 5.12. The zero-order chi connectivity index (χ0) is 18.6. The highest BCUT2D eigenvalue weighted by Crippen LogP contribution is 2.29. The lowest BCUT2D eigenvalue weighted by atomic mass is 10.1. The topological polar surface area (TPSA) is 51.0 Å². The number of hydrogen-bond acceptors (Lipinski definition) is 4. The maximum atomic E-state index is 12.6. The first-order valence-electron chi connectivity index (χ1n) is 7.37. The van der Waals surface area contributed by atoms with Gasteiger partial charge in [0.1, 0.15) is 5.69 Å². The lowest BCUT2D eigenvalue weighted by Crippen LogP contribution is -2.38. The summed E-state index contributed by atoms with van der Waals surface area (Å²) in [6.45, 7) is 1.05. The molecule has 1 atom stereocenters. The molecule has 0 saturated carbocycles. The highest BCUT2D eigenvalue weighted by molar-refractivity contribution is 7.80. The average Bonchev–Trinajstić information content (AvgIpc) is 2.95. The Morgan fingerprint density at radius 1 is 1.48 bits per heavy atom. The number of amides is 1. The van der Waals surface area contributed by atoms with Crippen molar-refractivity contribution in [3.05, 3.63) is 35.9 Å². The number of thiol groups is 1. The molecule has 2 aromatic rings. The Hall–Kier alpha value is -1.74. The molecule has 0 bridgehead atoms. The summed E-state index contributed by atoms with van der Waals surface area (Å²) in [5, 5.41) is 4.00. The Kier molecular flexibility index (Phi) is 6.34. The molecule has 25 heavy (non-hydrogen) atoms. The van der Waals surface area contributed by atoms with Crippen molar-refractivity contribution in [2.45, 2.75) is 19.5 Å². The van der Waals surface area contributed by atoms with Crippen molar-refractivity contribution in [1.82, 2.24) is 14.8 Å². The van der Waals surface area contributed by atoms with Gasteiger partial charge in [-0.1, -0.05) is 18.5 Å². The van der Waals surface area contributed by atoms with Crippen LogP contribution >= 0.6 is 24.2 Å². The summed E-state index contributed by atoms with van der Waals surface area (Å²) in [7, 11) is 0. The molecule has 0 spiro atoms. The predicted octanol–water partition coefficient (Wildman–Crippen LogP) is 3.77. The summed E-state index contributed by atoms with van der Waals surface area (Å²) < 4.78 is 39.3. The number of alkyl halides is 3. The van der Waals surface area contributed by atoms with Crippen LogP contribution in [0.25, 0.3) is 5.69 Å². The molecule has 1 amide bonds. The first-order chi connectivity index (χ1) is 11.7. The SMILES string of the molecule is CC(CS)C(=O)N(CCC(F)(F)F)c1cn(-c2cccnc2)nc1Cl. The minimum atomic E-state index is -4.39. The van der Waals surface area contributed by atoms with Crippen LogP contribution in [-0.4, -0.2) is 39.1 Å². The van der Waals surface area contributed by atoms with Crippen LogP contribution in [-0.2, 0) is 4.79 Å². The van der Waals surface area contributed by atoms with Gasteiger partial charge in [0, 0.05) is 24.4 Å². The van der Waals surface area contributed by atoms with Crippen LogP contribution in [0.1, 0.15) is 13.3 Å². The third-order valence-electron chi connectivity index (χ3n) is 3.43. The van der Waals surface area contributed by atoms with E-state index in [4.69, 9.17) is 11.6 Å². The third-order valence-corrected chi connectivity index (χ3v) is 4.25. The Morgan fingerprint density at radius 2 is 2.20 bits per heavy atom. The van der Waals surface area contributed by atoms with Crippen LogP contribution in [0.5, 0.6) is 0 Å². The summed E-state index contributed by atoms with van der Waals surface area (Å²) >= 11 is 10.1. The number of aromatic nitrogens is 3. The van der Waals surface area contributed by atoms with E-state index in [2.05, 4.69) is 22.7 Å². The molecule has 0 saturated heterocycles. The fourth-order valence-electron chi connectivity index (χ4n) is 2.08. The van der Waals surface area contributed by atoms with E-state index in [1.807, 2.05) is 0 Å². The molecule has 0 N–H and O–H groups in total. The second kappa shape index (κ2) is 8.09. The molecule has 2 aromatic heterocycles. The van der Waals surface area contributed by atoms with Gasteiger partial charge in [-0.25, -0.2) is 4.68 Å². The van der Waals surface area contributed by atoms with E-state index < -0.39 is 31.0 Å². The summed E-state index contributed by atoms with van der Waals surface area (Å²) in [6, 6.07) is 3.39. The second-order valence-electron chi connectivity index (χ2n) is 5.40. The van der Waals surface area contributed by atoms with Crippen LogP contribution in [0.3, 0.4) is 0 Å². The average molecular weight is 393 g/mol. The molecule has 1 unspecified atom stereocenters. The van der Waals surface area contributed by atoms with Crippen molar-refractivity contribution in [3.63, 3.8) is 0 Å². The van der Waals surface area contributed by atoms with Crippen molar-refractivity contribution in [2.75, 3.05) is 17.2 Å². The van der Waals surface area contributed by atoms with Gasteiger partial charge in [-0.2, -0.15) is 30.9 Å². The Bertz CT molecular complexity index is 723. The molecule has 0 aromatic carbocycles. The standard InChI is InChI=1S/C15H16ClF3N4OS/c1-10(9-25)14(24)22(6-4-15(17,18)19)12-8-23(21-13(12)16)11-3-2-5-20-7-11/h2-3,5,7-8,10,25H,4,6,9H2,1H3. The Balaban J connectivity index is 2.36. The normalized spacial score (nSPS) is 12.9. The van der Waals surface area contributed by atoms with Crippen LogP contribution in [0, 0.1) is 5.92 Å². The van der Waals surface area contributed by atoms with Crippen molar-refractivity contribution in [2.24, 2.45) is 5.92 Å². The van der Waals surface area contributed by atoms with E-state index in [9.17, 15) is 18.0 Å². The minimum absolute atomic E-state index is 0.0641. The monoisotopic (exact) mass is 392 g/mol. The van der Waals surface area contributed by atoms with E-state index in [-0.39, 0.29) is 16.6 Å². The molecule has 10 heteroatoms. The molecule has 2 heterocycles. The highest BCUT2D eigenvalue weighted by atomic mass is 35.5. The van der Waals surface area contributed by atoms with Gasteiger partial charge in [-0.15, -0.1) is 0 Å². The van der Waals surface area contributed by atoms with Crippen molar-refractivity contribution in [3.8, 4) is 5.69 Å². The van der Waals surface area contributed by atoms with Crippen molar-refractivity contribution >= 4 is 35.8 Å². The number of rotatable bonds is 6. The number of carbonyl (C=O) groups excluding carboxylic acids is 1. The highest BCUT2D eigenvalue weighted by Gasteiger charge is 2.32. The van der Waals surface area contributed by atoms with Gasteiger partial charge in [0.05, 0.1) is 24.5 Å². The molecule has 0 aliphatic heterocycles. The number of nitrogens with zero attached hydrogens (tertiary/aromatic N) is 4. The number of halogens is 4. The number of hydrogen-bond donors (Lipinski definition) is 1. The zero-order valence-corrected chi connectivity index (χ0v) is 14.9. The maximum absolute atomic E-state index is 12.6. The smallest absolute Gasteiger partial charge is 0.308 e. The molecule has 0 fully saturated rings. The first kappa shape index (κ1) is 19.6. The summed E-state index contributed by atoms with van der Waals surface area (Å²) in [6.07, 6.45) is -1.03. The lowest BCUT2D eigenvalue weighted by Gasteiger charge is -2.24. The Morgan fingerprint density at radius 3 is 2.76 bits per heavy atom. The van der Waals surface area contributed by atoms with Crippen LogP contribution in [0.4, 0.5) is 18.9 Å². The Labute approximate surface area is 153 Å². The van der Waals surface area contributed by atoms with Crippen LogP contribution in [0.15, 0.2) is 30.7 Å². The number of carbonyl (C=O) groups is 1. The van der Waals surface area contributed by atoms with Gasteiger partial charge in [-0.05, 0) is 12.1 Å². The van der Waals surface area contributed by atoms with E-state index in [1.54, 1.807) is 25.3 Å². The summed E-state index contributed by atoms with van der Waals surface area (Å²) in [4.78, 5) is 17.4. The van der Waals surface area contributed by atoms with E-state index in [1.165, 1.54) is 17.1 Å². The maximum Gasteiger partial charge on any atom is 0.390 e. The van der Waals surface area contributed by atoms with Crippen molar-refractivity contribution < 1.29 is 18.0 Å². The second-order valence-corrected chi connectivity index (χ2v) is 6.12. The van der Waals surface area contributed by atoms with Gasteiger partial charge in [0.2, 0.25) is 5.91 Å². The molecule has 2 rings (SSSR count). The van der Waals surface area contributed by atoms with Gasteiger partial charge in [0.15, 0.2) is 5.15 Å². The molecule has 5 nitrogen and oxygen atoms in total. The lowest BCUT2D eigenvalue weighted by molar-refractivity contribution is -0.134. The fourth-order valence-corrected chi connectivity index (χ4v) is 2.47. The summed E-state index contributed by atoms with van der Waals surface area (Å²) in [5.41, 5.74) is 0.689. The van der Waals surface area contributed by atoms with Crippen LogP contribution in [0.2, 0.25) is 5.15 Å². The van der Waals surface area contributed by atoms with E-state index in [0.29, 0.717) is 5.69 Å². The number of anilines is 1. The largest absolute Gasteiger partial charge is 0.390 e. The molecule has 0 aliphatic rings. The molecular weight excluding hydrogens is 377 g/mol. The minimum Gasteiger partial charge on any atom is -0.308 e. The number of pyridine rings is 1. The summed E-state index contributed by atoms with van der Waals surface area (Å²) in [5.74, 6) is -0.850. The van der Waals surface area contributed by atoms with Crippen molar-refractivity contribution in [1.29, 1.82) is 0 Å². The van der Waals surface area contributed by atoms with Gasteiger partial charge in [0.25, 0.3) is 0 Å². The molecule has 0 radical (unpaired) electrons. The van der Waals surface area contributed by atoms with Gasteiger partial charge >= 0.3 is 6.18 Å².